The average molecular weight is 300 g/mol. The Morgan fingerprint density at radius 2 is 2.00 bits per heavy atom. The summed E-state index contributed by atoms with van der Waals surface area (Å²) in [4.78, 5) is 2.51. The maximum absolute atomic E-state index is 5.65. The molecule has 2 aromatic rings. The molecule has 3 rings (SSSR count). The zero-order chi connectivity index (χ0) is 15.2. The van der Waals surface area contributed by atoms with E-state index in [1.807, 2.05) is 24.3 Å². The third-order valence-corrected chi connectivity index (χ3v) is 4.30. The van der Waals surface area contributed by atoms with Gasteiger partial charge in [0.2, 0.25) is 0 Å². The predicted molar refractivity (Wildman–Crippen MR) is 87.0 cm³/mol. The van der Waals surface area contributed by atoms with Crippen LogP contribution >= 0.6 is 0 Å². The molecule has 118 valence electrons. The van der Waals surface area contributed by atoms with Crippen LogP contribution in [0.3, 0.4) is 0 Å². The summed E-state index contributed by atoms with van der Waals surface area (Å²) in [6, 6.07) is 12.5. The zero-order valence-electron chi connectivity index (χ0n) is 13.1. The number of rotatable bonds is 7. The van der Waals surface area contributed by atoms with Crippen LogP contribution in [0.1, 0.15) is 30.2 Å². The molecule has 1 aromatic heterocycles. The summed E-state index contributed by atoms with van der Waals surface area (Å²) < 4.78 is 11.1. The first-order valence-corrected chi connectivity index (χ1v) is 7.98. The molecular formula is C18H24N2O2. The Balaban J connectivity index is 1.62. The first-order valence-electron chi connectivity index (χ1n) is 7.98. The van der Waals surface area contributed by atoms with E-state index in [0.717, 1.165) is 37.7 Å². The number of ether oxygens (including phenoxy) is 1. The molecule has 1 fully saturated rings. The van der Waals surface area contributed by atoms with Gasteiger partial charge in [0.25, 0.3) is 0 Å². The summed E-state index contributed by atoms with van der Waals surface area (Å²) in [7, 11) is 1.72. The van der Waals surface area contributed by atoms with Crippen molar-refractivity contribution in [2.24, 2.45) is 0 Å². The Morgan fingerprint density at radius 1 is 1.18 bits per heavy atom. The van der Waals surface area contributed by atoms with E-state index in [2.05, 4.69) is 22.3 Å². The van der Waals surface area contributed by atoms with Crippen molar-refractivity contribution in [2.45, 2.75) is 25.4 Å². The van der Waals surface area contributed by atoms with Crippen molar-refractivity contribution < 1.29 is 9.15 Å². The van der Waals surface area contributed by atoms with E-state index in [1.54, 1.807) is 13.4 Å². The summed E-state index contributed by atoms with van der Waals surface area (Å²) in [6.45, 7) is 3.99. The number of para-hydroxylation sites is 1. The number of hydrogen-bond donors (Lipinski definition) is 1. The average Bonchev–Trinajstić information content (AvgIpc) is 3.25. The summed E-state index contributed by atoms with van der Waals surface area (Å²) in [6.07, 6.45) is 4.33. The highest BCUT2D eigenvalue weighted by molar-refractivity contribution is 5.33. The molecule has 1 aromatic carbocycles. The number of hydrogen-bond acceptors (Lipinski definition) is 4. The van der Waals surface area contributed by atoms with Gasteiger partial charge in [-0.25, -0.2) is 0 Å². The Hall–Kier alpha value is -1.78. The molecule has 0 aliphatic carbocycles. The molecule has 2 heterocycles. The van der Waals surface area contributed by atoms with Crippen LogP contribution in [-0.4, -0.2) is 31.6 Å². The highest BCUT2D eigenvalue weighted by Gasteiger charge is 2.25. The van der Waals surface area contributed by atoms with Gasteiger partial charge in [-0.05, 0) is 44.1 Å². The second-order valence-electron chi connectivity index (χ2n) is 5.72. The Kier molecular flexibility index (Phi) is 5.14. The lowest BCUT2D eigenvalue weighted by Crippen LogP contribution is -2.33. The molecule has 1 aliphatic heterocycles. The van der Waals surface area contributed by atoms with Crippen LogP contribution in [0.4, 0.5) is 0 Å². The molecule has 1 atom stereocenters. The van der Waals surface area contributed by atoms with Crippen LogP contribution in [0, 0.1) is 0 Å². The highest BCUT2D eigenvalue weighted by atomic mass is 16.5. The van der Waals surface area contributed by atoms with Gasteiger partial charge in [-0.1, -0.05) is 18.2 Å². The molecule has 1 unspecified atom stereocenters. The zero-order valence-corrected chi connectivity index (χ0v) is 13.1. The van der Waals surface area contributed by atoms with Crippen LogP contribution in [0.5, 0.6) is 5.75 Å². The lowest BCUT2D eigenvalue weighted by molar-refractivity contribution is 0.209. The summed E-state index contributed by atoms with van der Waals surface area (Å²) in [5, 5.41) is 3.56. The molecule has 4 nitrogen and oxygen atoms in total. The van der Waals surface area contributed by atoms with E-state index >= 15 is 0 Å². The van der Waals surface area contributed by atoms with Crippen LogP contribution in [-0.2, 0) is 6.54 Å². The van der Waals surface area contributed by atoms with Crippen LogP contribution in [0.15, 0.2) is 47.1 Å². The van der Waals surface area contributed by atoms with Crippen molar-refractivity contribution in [1.29, 1.82) is 0 Å². The van der Waals surface area contributed by atoms with Gasteiger partial charge in [0.1, 0.15) is 11.5 Å². The molecule has 0 saturated carbocycles. The van der Waals surface area contributed by atoms with E-state index < -0.39 is 0 Å². The van der Waals surface area contributed by atoms with Crippen LogP contribution in [0.2, 0.25) is 0 Å². The molecule has 4 heteroatoms. The minimum Gasteiger partial charge on any atom is -0.496 e. The first-order chi connectivity index (χ1) is 10.9. The van der Waals surface area contributed by atoms with Crippen molar-refractivity contribution in [3.05, 3.63) is 54.0 Å². The van der Waals surface area contributed by atoms with E-state index in [9.17, 15) is 0 Å². The topological polar surface area (TPSA) is 37.6 Å². The second-order valence-corrected chi connectivity index (χ2v) is 5.72. The molecule has 1 aliphatic rings. The smallest absolute Gasteiger partial charge is 0.123 e. The molecule has 0 bridgehead atoms. The van der Waals surface area contributed by atoms with Crippen molar-refractivity contribution in [3.63, 3.8) is 0 Å². The minimum atomic E-state index is 0.312. The minimum absolute atomic E-state index is 0.312. The number of methoxy groups -OCH3 is 1. The third kappa shape index (κ3) is 3.51. The molecule has 0 spiro atoms. The second kappa shape index (κ2) is 7.47. The SMILES string of the molecule is COc1ccccc1CNCC(c1ccco1)N1CCCC1. The lowest BCUT2D eigenvalue weighted by atomic mass is 10.1. The number of benzene rings is 1. The highest BCUT2D eigenvalue weighted by Crippen LogP contribution is 2.25. The van der Waals surface area contributed by atoms with Gasteiger partial charge in [-0.15, -0.1) is 0 Å². The van der Waals surface area contributed by atoms with E-state index in [-0.39, 0.29) is 0 Å². The van der Waals surface area contributed by atoms with Gasteiger partial charge in [-0.2, -0.15) is 0 Å². The fraction of sp³-hybridized carbons (Fsp3) is 0.444. The maximum atomic E-state index is 5.65. The van der Waals surface area contributed by atoms with E-state index in [1.165, 1.54) is 18.4 Å². The van der Waals surface area contributed by atoms with Crippen molar-refractivity contribution >= 4 is 0 Å². The molecule has 0 radical (unpaired) electrons. The van der Waals surface area contributed by atoms with Crippen LogP contribution < -0.4 is 10.1 Å². The summed E-state index contributed by atoms with van der Waals surface area (Å²) in [5.41, 5.74) is 1.18. The van der Waals surface area contributed by atoms with Gasteiger partial charge in [0.15, 0.2) is 0 Å². The van der Waals surface area contributed by atoms with Crippen LogP contribution in [0.25, 0.3) is 0 Å². The van der Waals surface area contributed by atoms with Gasteiger partial charge in [0, 0.05) is 18.7 Å². The Bertz CT molecular complexity index is 562. The maximum Gasteiger partial charge on any atom is 0.123 e. The third-order valence-electron chi connectivity index (χ3n) is 4.30. The fourth-order valence-corrected chi connectivity index (χ4v) is 3.14. The number of furan rings is 1. The standard InChI is InChI=1S/C18H24N2O2/c1-21-17-8-3-2-7-15(17)13-19-14-16(18-9-6-12-22-18)20-10-4-5-11-20/h2-3,6-9,12,16,19H,4-5,10-11,13-14H2,1H3. The monoisotopic (exact) mass is 300 g/mol. The normalized spacial score (nSPS) is 16.8. The first kappa shape index (κ1) is 15.1. The number of likely N-dealkylation sites (tertiary alicyclic amines) is 1. The molecule has 0 amide bonds. The van der Waals surface area contributed by atoms with Crippen molar-refractivity contribution in [2.75, 3.05) is 26.7 Å². The van der Waals surface area contributed by atoms with Gasteiger partial charge in [-0.3, -0.25) is 4.90 Å². The Labute approximate surface area is 132 Å². The number of nitrogens with one attached hydrogen (secondary N) is 1. The van der Waals surface area contributed by atoms with Crippen molar-refractivity contribution in [1.82, 2.24) is 10.2 Å². The lowest BCUT2D eigenvalue weighted by Gasteiger charge is -2.26. The fourth-order valence-electron chi connectivity index (χ4n) is 3.14. The predicted octanol–water partition coefficient (Wildman–Crippen LogP) is 3.21. The summed E-state index contributed by atoms with van der Waals surface area (Å²) in [5.74, 6) is 1.99. The largest absolute Gasteiger partial charge is 0.496 e. The molecule has 1 N–H and O–H groups in total. The number of nitrogens with zero attached hydrogens (tertiary/aromatic N) is 1. The summed E-state index contributed by atoms with van der Waals surface area (Å²) >= 11 is 0. The van der Waals surface area contributed by atoms with Gasteiger partial charge in [0.05, 0.1) is 19.4 Å². The van der Waals surface area contributed by atoms with Crippen molar-refractivity contribution in [3.8, 4) is 5.75 Å². The quantitative estimate of drug-likeness (QED) is 0.852. The van der Waals surface area contributed by atoms with Gasteiger partial charge >= 0.3 is 0 Å². The molecule has 1 saturated heterocycles. The molecule has 22 heavy (non-hydrogen) atoms. The van der Waals surface area contributed by atoms with Gasteiger partial charge < -0.3 is 14.5 Å². The van der Waals surface area contributed by atoms with E-state index in [4.69, 9.17) is 9.15 Å². The molecular weight excluding hydrogens is 276 g/mol. The Morgan fingerprint density at radius 3 is 2.73 bits per heavy atom. The van der Waals surface area contributed by atoms with E-state index in [0.29, 0.717) is 6.04 Å².